The number of fused-ring (bicyclic) bond motifs is 1. The molecule has 1 aromatic heterocycles. The van der Waals surface area contributed by atoms with Gasteiger partial charge in [0.25, 0.3) is 0 Å². The predicted molar refractivity (Wildman–Crippen MR) is 131 cm³/mol. The van der Waals surface area contributed by atoms with Crippen molar-refractivity contribution >= 4 is 26.5 Å². The van der Waals surface area contributed by atoms with Crippen molar-refractivity contribution in [1.29, 1.82) is 0 Å². The molecule has 2 heterocycles. The van der Waals surface area contributed by atoms with E-state index in [4.69, 9.17) is 0 Å². The van der Waals surface area contributed by atoms with Crippen LogP contribution in [0.2, 0.25) is 0 Å². The molecule has 1 aliphatic heterocycles. The number of hydrogen-bond acceptors (Lipinski definition) is 2. The second kappa shape index (κ2) is 8.53. The van der Waals surface area contributed by atoms with Gasteiger partial charge in [-0.05, 0) is 61.4 Å². The van der Waals surface area contributed by atoms with Gasteiger partial charge in [-0.2, -0.15) is 4.31 Å². The largest absolute Gasteiger partial charge is 0.347 e. The van der Waals surface area contributed by atoms with Crippen molar-refractivity contribution in [3.8, 4) is 0 Å². The first kappa shape index (κ1) is 21.5. The summed E-state index contributed by atoms with van der Waals surface area (Å²) in [6.07, 6.45) is 9.16. The minimum atomic E-state index is -3.48. The Bertz CT molecular complexity index is 1260. The summed E-state index contributed by atoms with van der Waals surface area (Å²) < 4.78 is 30.4. The minimum absolute atomic E-state index is 0.412. The lowest BCUT2D eigenvalue weighted by molar-refractivity contribution is 0.439. The number of para-hydroxylation sites is 1. The van der Waals surface area contributed by atoms with Gasteiger partial charge in [0.15, 0.2) is 0 Å². The number of rotatable bonds is 4. The summed E-state index contributed by atoms with van der Waals surface area (Å²) in [5.74, 6) is 0.588. The molecule has 32 heavy (non-hydrogen) atoms. The normalized spacial score (nSPS) is 18.8. The molecule has 2 aliphatic rings. The van der Waals surface area contributed by atoms with Crippen LogP contribution < -0.4 is 0 Å². The highest BCUT2D eigenvalue weighted by Gasteiger charge is 2.28. The number of sulfonamides is 1. The Hall–Kier alpha value is -2.37. The maximum absolute atomic E-state index is 13.3. The minimum Gasteiger partial charge on any atom is -0.347 e. The number of aryl methyl sites for hydroxylation is 1. The Kier molecular flexibility index (Phi) is 5.72. The lowest BCUT2D eigenvalue weighted by atomic mass is 9.84. The topological polar surface area (TPSA) is 42.3 Å². The highest BCUT2D eigenvalue weighted by Crippen LogP contribution is 2.36. The third-order valence-electron chi connectivity index (χ3n) is 7.49. The molecule has 2 aromatic carbocycles. The van der Waals surface area contributed by atoms with E-state index >= 15 is 0 Å². The SMILES string of the molecule is Cc1c(C2=CCN(S(=O)(=O)c3ccc(C4CCCCC4)cc3)CC2)c2ccccc2n1C. The summed E-state index contributed by atoms with van der Waals surface area (Å²) in [6, 6.07) is 16.1. The lowest BCUT2D eigenvalue weighted by Gasteiger charge is -2.27. The fourth-order valence-corrected chi connectivity index (χ4v) is 6.90. The molecule has 1 fully saturated rings. The van der Waals surface area contributed by atoms with Crippen LogP contribution in [0.4, 0.5) is 0 Å². The fraction of sp³-hybridized carbons (Fsp3) is 0.407. The van der Waals surface area contributed by atoms with Crippen LogP contribution in [0.15, 0.2) is 59.5 Å². The Balaban J connectivity index is 1.37. The zero-order valence-corrected chi connectivity index (χ0v) is 19.9. The Morgan fingerprint density at radius 1 is 0.938 bits per heavy atom. The molecule has 1 aliphatic carbocycles. The second-order valence-electron chi connectivity index (χ2n) is 9.28. The summed E-state index contributed by atoms with van der Waals surface area (Å²) >= 11 is 0. The van der Waals surface area contributed by atoms with Gasteiger partial charge in [0, 0.05) is 42.3 Å². The van der Waals surface area contributed by atoms with Crippen molar-refractivity contribution in [2.75, 3.05) is 13.1 Å². The van der Waals surface area contributed by atoms with Crippen LogP contribution in [0.3, 0.4) is 0 Å². The molecule has 3 aromatic rings. The van der Waals surface area contributed by atoms with Crippen molar-refractivity contribution in [3.63, 3.8) is 0 Å². The zero-order valence-electron chi connectivity index (χ0n) is 19.0. The van der Waals surface area contributed by atoms with Gasteiger partial charge >= 0.3 is 0 Å². The van der Waals surface area contributed by atoms with E-state index < -0.39 is 10.0 Å². The van der Waals surface area contributed by atoms with E-state index in [0.29, 0.717) is 23.9 Å². The number of benzene rings is 2. The lowest BCUT2D eigenvalue weighted by Crippen LogP contribution is -2.34. The van der Waals surface area contributed by atoms with Crippen LogP contribution >= 0.6 is 0 Å². The molecule has 4 nitrogen and oxygen atoms in total. The summed E-state index contributed by atoms with van der Waals surface area (Å²) in [5.41, 5.74) is 6.24. The summed E-state index contributed by atoms with van der Waals surface area (Å²) in [6.45, 7) is 3.08. The highest BCUT2D eigenvalue weighted by molar-refractivity contribution is 7.89. The molecule has 0 atom stereocenters. The van der Waals surface area contributed by atoms with Crippen LogP contribution in [0, 0.1) is 6.92 Å². The molecular weight excluding hydrogens is 416 g/mol. The van der Waals surface area contributed by atoms with Crippen LogP contribution in [0.1, 0.15) is 61.3 Å². The van der Waals surface area contributed by atoms with Gasteiger partial charge in [0.1, 0.15) is 0 Å². The van der Waals surface area contributed by atoms with E-state index in [2.05, 4.69) is 48.9 Å². The van der Waals surface area contributed by atoms with E-state index in [1.54, 1.807) is 4.31 Å². The molecular formula is C27H32N2O2S. The van der Waals surface area contributed by atoms with Gasteiger partial charge in [-0.3, -0.25) is 0 Å². The standard InChI is InChI=1S/C27H32N2O2S/c1-20-27(25-10-6-7-11-26(25)28(20)2)23-16-18-29(19-17-23)32(30,31)24-14-12-22(13-15-24)21-8-4-3-5-9-21/h6-7,10-16,21H,3-5,8-9,17-19H2,1-2H3. The second-order valence-corrected chi connectivity index (χ2v) is 11.2. The van der Waals surface area contributed by atoms with E-state index in [-0.39, 0.29) is 0 Å². The molecule has 5 heteroatoms. The van der Waals surface area contributed by atoms with Crippen LogP contribution in [0.5, 0.6) is 0 Å². The average Bonchev–Trinajstić information content (AvgIpc) is 3.10. The molecule has 5 rings (SSSR count). The van der Waals surface area contributed by atoms with Crippen molar-refractivity contribution < 1.29 is 8.42 Å². The summed E-state index contributed by atoms with van der Waals surface area (Å²) in [5, 5.41) is 1.24. The highest BCUT2D eigenvalue weighted by atomic mass is 32.2. The fourth-order valence-electron chi connectivity index (χ4n) is 5.52. The molecule has 0 amide bonds. The van der Waals surface area contributed by atoms with Crippen LogP contribution in [-0.2, 0) is 17.1 Å². The van der Waals surface area contributed by atoms with Crippen molar-refractivity contribution in [2.24, 2.45) is 7.05 Å². The van der Waals surface area contributed by atoms with Crippen LogP contribution in [0.25, 0.3) is 16.5 Å². The average molecular weight is 449 g/mol. The molecule has 168 valence electrons. The van der Waals surface area contributed by atoms with E-state index in [1.165, 1.54) is 65.4 Å². The maximum Gasteiger partial charge on any atom is 0.243 e. The van der Waals surface area contributed by atoms with E-state index in [9.17, 15) is 8.42 Å². The Morgan fingerprint density at radius 2 is 1.66 bits per heavy atom. The van der Waals surface area contributed by atoms with Gasteiger partial charge in [-0.1, -0.05) is 55.7 Å². The number of hydrogen-bond donors (Lipinski definition) is 0. The van der Waals surface area contributed by atoms with Gasteiger partial charge in [-0.15, -0.1) is 0 Å². The number of nitrogens with zero attached hydrogens (tertiary/aromatic N) is 2. The smallest absolute Gasteiger partial charge is 0.243 e. The first-order valence-corrected chi connectivity index (χ1v) is 13.2. The third kappa shape index (κ3) is 3.71. The molecule has 1 saturated carbocycles. The first-order valence-electron chi connectivity index (χ1n) is 11.8. The predicted octanol–water partition coefficient (Wildman–Crippen LogP) is 6.01. The van der Waals surface area contributed by atoms with Crippen molar-refractivity contribution in [3.05, 3.63) is 71.4 Å². The maximum atomic E-state index is 13.3. The monoisotopic (exact) mass is 448 g/mol. The van der Waals surface area contributed by atoms with Crippen LogP contribution in [-0.4, -0.2) is 30.4 Å². The molecule has 0 radical (unpaired) electrons. The van der Waals surface area contributed by atoms with Gasteiger partial charge in [0.05, 0.1) is 4.90 Å². The molecule has 0 unspecified atom stereocenters. The van der Waals surface area contributed by atoms with Crippen molar-refractivity contribution in [2.45, 2.75) is 56.3 Å². The van der Waals surface area contributed by atoms with Gasteiger partial charge in [-0.25, -0.2) is 8.42 Å². The van der Waals surface area contributed by atoms with Gasteiger partial charge < -0.3 is 4.57 Å². The van der Waals surface area contributed by atoms with Gasteiger partial charge in [0.2, 0.25) is 10.0 Å². The molecule has 0 spiro atoms. The summed E-state index contributed by atoms with van der Waals surface area (Å²) in [4.78, 5) is 0.412. The molecule has 0 N–H and O–H groups in total. The quantitative estimate of drug-likeness (QED) is 0.490. The molecule has 0 saturated heterocycles. The first-order chi connectivity index (χ1) is 15.5. The Morgan fingerprint density at radius 3 is 2.34 bits per heavy atom. The Labute approximate surface area is 191 Å². The van der Waals surface area contributed by atoms with Crippen molar-refractivity contribution in [1.82, 2.24) is 8.87 Å². The molecule has 0 bridgehead atoms. The number of aromatic nitrogens is 1. The van der Waals surface area contributed by atoms with E-state index in [1.807, 2.05) is 24.3 Å². The zero-order chi connectivity index (χ0) is 22.3. The summed E-state index contributed by atoms with van der Waals surface area (Å²) in [7, 11) is -1.38. The van der Waals surface area contributed by atoms with E-state index in [0.717, 1.165) is 6.42 Å². The third-order valence-corrected chi connectivity index (χ3v) is 9.37.